The number of aliphatic hydroxyl groups excluding tert-OH is 1. The van der Waals surface area contributed by atoms with Crippen LogP contribution in [0.2, 0.25) is 0 Å². The van der Waals surface area contributed by atoms with Crippen LogP contribution in [-0.4, -0.2) is 35.6 Å². The van der Waals surface area contributed by atoms with E-state index in [-0.39, 0.29) is 12.0 Å². The summed E-state index contributed by atoms with van der Waals surface area (Å²) in [7, 11) is 0. The SMILES string of the molecule is CCOC(=O)C1=NO[C@@H]2[C@H](O)CC[C@H]12. The Hall–Kier alpha value is -1.10. The van der Waals surface area contributed by atoms with Crippen molar-refractivity contribution in [1.82, 2.24) is 0 Å². The minimum Gasteiger partial charge on any atom is -0.461 e. The van der Waals surface area contributed by atoms with Gasteiger partial charge < -0.3 is 14.7 Å². The Kier molecular flexibility index (Phi) is 2.41. The maximum absolute atomic E-state index is 11.4. The summed E-state index contributed by atoms with van der Waals surface area (Å²) in [5, 5.41) is 13.1. The summed E-state index contributed by atoms with van der Waals surface area (Å²) >= 11 is 0. The topological polar surface area (TPSA) is 68.1 Å². The van der Waals surface area contributed by atoms with Gasteiger partial charge in [0.2, 0.25) is 0 Å². The van der Waals surface area contributed by atoms with Crippen LogP contribution >= 0.6 is 0 Å². The van der Waals surface area contributed by atoms with E-state index in [2.05, 4.69) is 5.16 Å². The van der Waals surface area contributed by atoms with Crippen molar-refractivity contribution in [3.05, 3.63) is 0 Å². The standard InChI is InChI=1S/C9H13NO4/c1-2-13-9(12)7-5-3-4-6(11)8(5)14-10-7/h5-6,8,11H,2-4H2,1H3/t5-,6-,8+/m1/s1. The number of ether oxygens (including phenoxy) is 1. The maximum Gasteiger partial charge on any atom is 0.356 e. The number of hydrogen-bond donors (Lipinski definition) is 1. The van der Waals surface area contributed by atoms with Gasteiger partial charge in [-0.05, 0) is 19.8 Å². The van der Waals surface area contributed by atoms with Gasteiger partial charge in [0.15, 0.2) is 11.8 Å². The van der Waals surface area contributed by atoms with Crippen LogP contribution in [0.4, 0.5) is 0 Å². The van der Waals surface area contributed by atoms with Crippen molar-refractivity contribution < 1.29 is 19.5 Å². The highest BCUT2D eigenvalue weighted by molar-refractivity contribution is 6.37. The Labute approximate surface area is 81.7 Å². The van der Waals surface area contributed by atoms with E-state index < -0.39 is 12.1 Å². The maximum atomic E-state index is 11.4. The highest BCUT2D eigenvalue weighted by Crippen LogP contribution is 2.34. The van der Waals surface area contributed by atoms with E-state index in [1.54, 1.807) is 6.92 Å². The van der Waals surface area contributed by atoms with Crippen molar-refractivity contribution in [1.29, 1.82) is 0 Å². The molecule has 1 fully saturated rings. The second kappa shape index (κ2) is 3.57. The van der Waals surface area contributed by atoms with Crippen molar-refractivity contribution in [2.75, 3.05) is 6.61 Å². The fourth-order valence-electron chi connectivity index (χ4n) is 1.96. The molecule has 0 aromatic rings. The van der Waals surface area contributed by atoms with E-state index in [0.29, 0.717) is 18.7 Å². The van der Waals surface area contributed by atoms with E-state index in [4.69, 9.17) is 9.57 Å². The van der Waals surface area contributed by atoms with Crippen molar-refractivity contribution in [2.24, 2.45) is 11.1 Å². The summed E-state index contributed by atoms with van der Waals surface area (Å²) < 4.78 is 4.84. The first-order chi connectivity index (χ1) is 6.74. The summed E-state index contributed by atoms with van der Waals surface area (Å²) in [4.78, 5) is 16.4. The number of nitrogens with zero attached hydrogens (tertiary/aromatic N) is 1. The molecule has 5 heteroatoms. The third-order valence-corrected chi connectivity index (χ3v) is 2.66. The Bertz CT molecular complexity index is 276. The predicted octanol–water partition coefficient (Wildman–Crippen LogP) is 0.0752. The lowest BCUT2D eigenvalue weighted by molar-refractivity contribution is -0.135. The van der Waals surface area contributed by atoms with E-state index in [1.807, 2.05) is 0 Å². The number of carbonyl (C=O) groups is 1. The van der Waals surface area contributed by atoms with Crippen LogP contribution in [0.5, 0.6) is 0 Å². The zero-order chi connectivity index (χ0) is 10.1. The zero-order valence-corrected chi connectivity index (χ0v) is 7.97. The Morgan fingerprint density at radius 3 is 3.21 bits per heavy atom. The number of hydrogen-bond acceptors (Lipinski definition) is 5. The average molecular weight is 199 g/mol. The van der Waals surface area contributed by atoms with E-state index in [9.17, 15) is 9.90 Å². The molecule has 1 aliphatic heterocycles. The molecule has 0 amide bonds. The molecule has 5 nitrogen and oxygen atoms in total. The molecule has 0 bridgehead atoms. The largest absolute Gasteiger partial charge is 0.461 e. The molecule has 0 radical (unpaired) electrons. The first kappa shape index (κ1) is 9.45. The molecule has 0 saturated heterocycles. The van der Waals surface area contributed by atoms with Crippen LogP contribution in [0.3, 0.4) is 0 Å². The summed E-state index contributed by atoms with van der Waals surface area (Å²) in [6.07, 6.45) is 0.558. The number of carbonyl (C=O) groups excluding carboxylic acids is 1. The number of oxime groups is 1. The van der Waals surface area contributed by atoms with Crippen LogP contribution in [-0.2, 0) is 14.4 Å². The minimum absolute atomic E-state index is 0.0796. The molecule has 1 aliphatic carbocycles. The number of rotatable bonds is 2. The van der Waals surface area contributed by atoms with Crippen LogP contribution in [0.15, 0.2) is 5.16 Å². The zero-order valence-electron chi connectivity index (χ0n) is 7.97. The molecule has 1 heterocycles. The Balaban J connectivity index is 2.05. The van der Waals surface area contributed by atoms with Gasteiger partial charge in [0.05, 0.1) is 18.6 Å². The smallest absolute Gasteiger partial charge is 0.356 e. The molecule has 3 atom stereocenters. The van der Waals surface area contributed by atoms with E-state index in [0.717, 1.165) is 6.42 Å². The van der Waals surface area contributed by atoms with Crippen LogP contribution < -0.4 is 0 Å². The molecule has 2 rings (SSSR count). The first-order valence-corrected chi connectivity index (χ1v) is 4.83. The molecule has 0 aromatic heterocycles. The van der Waals surface area contributed by atoms with Crippen LogP contribution in [0.25, 0.3) is 0 Å². The number of esters is 1. The molecule has 1 N–H and O–H groups in total. The third kappa shape index (κ3) is 1.37. The Morgan fingerprint density at radius 2 is 2.50 bits per heavy atom. The van der Waals surface area contributed by atoms with Crippen molar-refractivity contribution in [2.45, 2.75) is 32.0 Å². The average Bonchev–Trinajstić information content (AvgIpc) is 2.69. The first-order valence-electron chi connectivity index (χ1n) is 4.83. The molecular formula is C9H13NO4. The Morgan fingerprint density at radius 1 is 1.71 bits per heavy atom. The van der Waals surface area contributed by atoms with Gasteiger partial charge in [-0.2, -0.15) is 0 Å². The van der Waals surface area contributed by atoms with E-state index in [1.165, 1.54) is 0 Å². The highest BCUT2D eigenvalue weighted by Gasteiger charge is 2.47. The molecule has 0 aromatic carbocycles. The molecular weight excluding hydrogens is 186 g/mol. The van der Waals surface area contributed by atoms with Crippen LogP contribution in [0, 0.1) is 5.92 Å². The van der Waals surface area contributed by atoms with Gasteiger partial charge in [-0.3, -0.25) is 0 Å². The summed E-state index contributed by atoms with van der Waals surface area (Å²) in [5.74, 6) is -0.502. The lowest BCUT2D eigenvalue weighted by atomic mass is 10.0. The fourth-order valence-corrected chi connectivity index (χ4v) is 1.96. The van der Waals surface area contributed by atoms with Gasteiger partial charge in [0.25, 0.3) is 0 Å². The second-order valence-electron chi connectivity index (χ2n) is 3.52. The van der Waals surface area contributed by atoms with Gasteiger partial charge in [-0.25, -0.2) is 4.79 Å². The third-order valence-electron chi connectivity index (χ3n) is 2.66. The number of aliphatic hydroxyl groups is 1. The van der Waals surface area contributed by atoms with E-state index >= 15 is 0 Å². The highest BCUT2D eigenvalue weighted by atomic mass is 16.7. The van der Waals surface area contributed by atoms with Crippen molar-refractivity contribution in [3.63, 3.8) is 0 Å². The van der Waals surface area contributed by atoms with Gasteiger partial charge in [-0.1, -0.05) is 5.16 Å². The molecule has 1 saturated carbocycles. The van der Waals surface area contributed by atoms with Crippen molar-refractivity contribution >= 4 is 11.7 Å². The fraction of sp³-hybridized carbons (Fsp3) is 0.778. The normalized spacial score (nSPS) is 34.7. The minimum atomic E-state index is -0.504. The summed E-state index contributed by atoms with van der Waals surface area (Å²) in [5.41, 5.74) is 0.327. The number of fused-ring (bicyclic) bond motifs is 1. The summed E-state index contributed by atoms with van der Waals surface area (Å²) in [6.45, 7) is 2.08. The second-order valence-corrected chi connectivity index (χ2v) is 3.52. The molecule has 14 heavy (non-hydrogen) atoms. The molecule has 2 aliphatic rings. The quantitative estimate of drug-likeness (QED) is 0.639. The van der Waals surface area contributed by atoms with Crippen molar-refractivity contribution in [3.8, 4) is 0 Å². The molecule has 78 valence electrons. The lowest BCUT2D eigenvalue weighted by Gasteiger charge is -2.10. The lowest BCUT2D eigenvalue weighted by Crippen LogP contribution is -2.30. The van der Waals surface area contributed by atoms with Gasteiger partial charge in [0.1, 0.15) is 0 Å². The molecule has 0 spiro atoms. The van der Waals surface area contributed by atoms with Gasteiger partial charge in [0, 0.05) is 0 Å². The monoisotopic (exact) mass is 199 g/mol. The molecule has 0 unspecified atom stereocenters. The summed E-state index contributed by atoms with van der Waals surface area (Å²) in [6, 6.07) is 0. The van der Waals surface area contributed by atoms with Gasteiger partial charge >= 0.3 is 5.97 Å². The van der Waals surface area contributed by atoms with Crippen LogP contribution in [0.1, 0.15) is 19.8 Å². The van der Waals surface area contributed by atoms with Gasteiger partial charge in [-0.15, -0.1) is 0 Å². The predicted molar refractivity (Wildman–Crippen MR) is 47.7 cm³/mol.